The summed E-state index contributed by atoms with van der Waals surface area (Å²) in [5.74, 6) is 0. The standard InChI is InChI=1S/C36H18N2/c1-5-13-33-29(9-1)30-10-2-6-14-34(30)37(33)27-21-17-25(18-22-27)26-19-23-28(24-20-26)38-35-15-7-3-11-31(35)32-12-4-8-16-36(32)38/h1,3,5-6,8-9,11,13-14,16-24H. The summed E-state index contributed by atoms with van der Waals surface area (Å²) in [4.78, 5) is 0. The van der Waals surface area contributed by atoms with Gasteiger partial charge in [-0.2, -0.15) is 0 Å². The molecule has 0 spiro atoms. The molecule has 0 fully saturated rings. The number of hydrogen-bond acceptors (Lipinski definition) is 0. The topological polar surface area (TPSA) is 9.86 Å². The predicted octanol–water partition coefficient (Wildman–Crippen LogP) is 8.35. The molecule has 0 radical (unpaired) electrons. The SMILES string of the molecule is c1ccc2c3c#cccc3n(-c3ccc(-c4ccc(-n5c6ccc#cc6c6ccccc65)cc4)cc3)c2c#1. The Balaban J connectivity index is 1.20. The van der Waals surface area contributed by atoms with Crippen LogP contribution >= 0.6 is 0 Å². The highest BCUT2D eigenvalue weighted by Crippen LogP contribution is 2.33. The van der Waals surface area contributed by atoms with Gasteiger partial charge in [0.1, 0.15) is 5.52 Å². The van der Waals surface area contributed by atoms with E-state index in [0.29, 0.717) is 0 Å². The first-order valence-corrected chi connectivity index (χ1v) is 12.5. The van der Waals surface area contributed by atoms with E-state index >= 15 is 0 Å². The monoisotopic (exact) mass is 478 g/mol. The van der Waals surface area contributed by atoms with Gasteiger partial charge in [-0.25, -0.2) is 0 Å². The Bertz CT molecular complexity index is 1840. The van der Waals surface area contributed by atoms with Gasteiger partial charge in [0.05, 0.1) is 27.3 Å². The minimum Gasteiger partial charge on any atom is -0.309 e. The Morgan fingerprint density at radius 1 is 0.421 bits per heavy atom. The second-order valence-corrected chi connectivity index (χ2v) is 9.37. The summed E-state index contributed by atoms with van der Waals surface area (Å²) in [6.45, 7) is 0. The lowest BCUT2D eigenvalue weighted by atomic mass is 10.0. The highest BCUT2D eigenvalue weighted by molar-refractivity contribution is 6.09. The van der Waals surface area contributed by atoms with Crippen LogP contribution in [0.25, 0.3) is 66.1 Å². The number of benzene rings is 3. The van der Waals surface area contributed by atoms with E-state index < -0.39 is 0 Å². The van der Waals surface area contributed by atoms with E-state index in [1.165, 1.54) is 22.0 Å². The van der Waals surface area contributed by atoms with Gasteiger partial charge in [0.2, 0.25) is 0 Å². The zero-order valence-electron chi connectivity index (χ0n) is 20.3. The molecule has 38 heavy (non-hydrogen) atoms. The van der Waals surface area contributed by atoms with Crippen LogP contribution in [-0.2, 0) is 0 Å². The molecule has 0 unspecified atom stereocenters. The van der Waals surface area contributed by atoms with E-state index in [2.05, 4.69) is 137 Å². The molecular weight excluding hydrogens is 460 g/mol. The lowest BCUT2D eigenvalue weighted by molar-refractivity contribution is 1.18. The van der Waals surface area contributed by atoms with Crippen LogP contribution in [0.4, 0.5) is 0 Å². The quantitative estimate of drug-likeness (QED) is 0.241. The summed E-state index contributed by atoms with van der Waals surface area (Å²) >= 11 is 0. The maximum atomic E-state index is 3.30. The van der Waals surface area contributed by atoms with Crippen molar-refractivity contribution in [2.75, 3.05) is 0 Å². The second-order valence-electron chi connectivity index (χ2n) is 9.37. The first kappa shape index (κ1) is 20.6. The maximum absolute atomic E-state index is 3.30. The largest absolute Gasteiger partial charge is 0.309 e. The molecule has 0 aliphatic rings. The van der Waals surface area contributed by atoms with Crippen molar-refractivity contribution in [3.63, 3.8) is 0 Å². The third-order valence-corrected chi connectivity index (χ3v) is 7.31. The van der Waals surface area contributed by atoms with E-state index in [4.69, 9.17) is 0 Å². The molecule has 0 N–H and O–H groups in total. The van der Waals surface area contributed by atoms with E-state index in [-0.39, 0.29) is 0 Å². The number of nitrogens with zero attached hydrogens (tertiary/aromatic N) is 2. The molecule has 0 bridgehead atoms. The van der Waals surface area contributed by atoms with Crippen molar-refractivity contribution in [2.45, 2.75) is 0 Å². The number of aromatic nitrogens is 2. The zero-order chi connectivity index (χ0) is 25.1. The first-order valence-electron chi connectivity index (χ1n) is 12.5. The minimum absolute atomic E-state index is 0.997. The number of rotatable bonds is 3. The molecule has 0 amide bonds. The fourth-order valence-corrected chi connectivity index (χ4v) is 5.59. The molecule has 0 aliphatic carbocycles. The van der Waals surface area contributed by atoms with Crippen molar-refractivity contribution < 1.29 is 0 Å². The van der Waals surface area contributed by atoms with E-state index in [1.807, 2.05) is 18.2 Å². The normalized spacial score (nSPS) is 11.1. The Hall–Kier alpha value is -5.62. The summed E-state index contributed by atoms with van der Waals surface area (Å²) in [5.41, 5.74) is 8.94. The molecule has 172 valence electrons. The smallest absolute Gasteiger partial charge is 0.106 e. The average molecular weight is 479 g/mol. The highest BCUT2D eigenvalue weighted by Gasteiger charge is 2.13. The highest BCUT2D eigenvalue weighted by atomic mass is 15.0. The average Bonchev–Trinajstić information content (AvgIpc) is 3.51. The fourth-order valence-electron chi connectivity index (χ4n) is 5.59. The van der Waals surface area contributed by atoms with Gasteiger partial charge in [-0.3, -0.25) is 0 Å². The van der Waals surface area contributed by atoms with Crippen molar-refractivity contribution in [2.24, 2.45) is 0 Å². The summed E-state index contributed by atoms with van der Waals surface area (Å²) < 4.78 is 4.52. The maximum Gasteiger partial charge on any atom is 0.106 e. The second kappa shape index (κ2) is 7.94. The molecule has 2 heterocycles. The van der Waals surface area contributed by atoms with Crippen LogP contribution in [0, 0.1) is 36.4 Å². The molecule has 2 heteroatoms. The van der Waals surface area contributed by atoms with Gasteiger partial charge in [0, 0.05) is 22.1 Å². The van der Waals surface area contributed by atoms with Crippen molar-refractivity contribution in [1.82, 2.24) is 9.13 Å². The van der Waals surface area contributed by atoms with Crippen molar-refractivity contribution >= 4 is 43.6 Å². The fraction of sp³-hybridized carbons (Fsp3) is 0. The van der Waals surface area contributed by atoms with Crippen LogP contribution in [0.1, 0.15) is 0 Å². The zero-order valence-corrected chi connectivity index (χ0v) is 20.3. The third-order valence-electron chi connectivity index (χ3n) is 7.31. The Labute approximate surface area is 220 Å². The van der Waals surface area contributed by atoms with Crippen LogP contribution in [0.15, 0.2) is 109 Å². The third kappa shape index (κ3) is 2.94. The molecule has 0 atom stereocenters. The van der Waals surface area contributed by atoms with Crippen LogP contribution in [-0.4, -0.2) is 9.13 Å². The van der Waals surface area contributed by atoms with Gasteiger partial charge < -0.3 is 9.13 Å². The Kier molecular flexibility index (Phi) is 4.30. The Morgan fingerprint density at radius 3 is 1.68 bits per heavy atom. The summed E-state index contributed by atoms with van der Waals surface area (Å²) in [7, 11) is 0. The van der Waals surface area contributed by atoms with Crippen molar-refractivity contribution in [3.8, 4) is 22.5 Å². The van der Waals surface area contributed by atoms with E-state index in [9.17, 15) is 0 Å². The molecule has 6 aromatic carbocycles. The molecule has 2 aromatic heterocycles. The molecule has 8 rings (SSSR count). The van der Waals surface area contributed by atoms with Gasteiger partial charge in [0.25, 0.3) is 0 Å². The van der Waals surface area contributed by atoms with Crippen LogP contribution in [0.2, 0.25) is 0 Å². The lowest BCUT2D eigenvalue weighted by Gasteiger charge is -2.10. The molecule has 2 nitrogen and oxygen atoms in total. The first-order chi connectivity index (χ1) is 18.9. The molecule has 0 saturated heterocycles. The lowest BCUT2D eigenvalue weighted by Crippen LogP contribution is -1.94. The number of hydrogen-bond donors (Lipinski definition) is 0. The summed E-state index contributed by atoms with van der Waals surface area (Å²) in [6, 6.07) is 57.1. The minimum atomic E-state index is 0.997. The van der Waals surface area contributed by atoms with Crippen LogP contribution < -0.4 is 0 Å². The van der Waals surface area contributed by atoms with E-state index in [1.54, 1.807) is 0 Å². The number of fused-ring (bicyclic) bond motifs is 6. The summed E-state index contributed by atoms with van der Waals surface area (Å²) in [5, 5.41) is 4.44. The van der Waals surface area contributed by atoms with Crippen molar-refractivity contribution in [3.05, 3.63) is 146 Å². The van der Waals surface area contributed by atoms with Gasteiger partial charge in [-0.05, 0) is 83.9 Å². The van der Waals surface area contributed by atoms with Gasteiger partial charge >= 0.3 is 0 Å². The van der Waals surface area contributed by atoms with Gasteiger partial charge in [0.15, 0.2) is 0 Å². The molecule has 0 saturated carbocycles. The van der Waals surface area contributed by atoms with Gasteiger partial charge in [-0.1, -0.05) is 72.8 Å². The predicted molar refractivity (Wildman–Crippen MR) is 154 cm³/mol. The van der Waals surface area contributed by atoms with Crippen LogP contribution in [0.5, 0.6) is 0 Å². The molecular formula is C36H18N2. The van der Waals surface area contributed by atoms with Crippen molar-refractivity contribution in [1.29, 1.82) is 0 Å². The number of para-hydroxylation sites is 1. The Morgan fingerprint density at radius 2 is 0.974 bits per heavy atom. The van der Waals surface area contributed by atoms with E-state index in [0.717, 1.165) is 44.1 Å². The van der Waals surface area contributed by atoms with Gasteiger partial charge in [-0.15, -0.1) is 0 Å². The van der Waals surface area contributed by atoms with Crippen LogP contribution in [0.3, 0.4) is 0 Å². The summed E-state index contributed by atoms with van der Waals surface area (Å²) in [6.07, 6.45) is 0. The molecule has 8 aromatic rings. The molecule has 0 aliphatic heterocycles.